The van der Waals surface area contributed by atoms with Crippen molar-refractivity contribution < 1.29 is 13.2 Å². The minimum absolute atomic E-state index is 0.000889. The molecule has 1 fully saturated rings. The SMILES string of the molecule is CSc1cc(-n2cc3cc(-c4cc(CCC[C@H](C)N)cc(Cl)c4F)[nH]c3nc2=O)cc(F)c1[C@@H]1CCC[C@@H](CCNC(=N)CN)N1CCCF. The van der Waals surface area contributed by atoms with Gasteiger partial charge in [0.2, 0.25) is 0 Å². The summed E-state index contributed by atoms with van der Waals surface area (Å²) in [4.78, 5) is 23.5. The minimum atomic E-state index is -0.619. The van der Waals surface area contributed by atoms with Crippen molar-refractivity contribution in [1.82, 2.24) is 24.8 Å². The van der Waals surface area contributed by atoms with Crippen molar-refractivity contribution in [1.29, 1.82) is 5.41 Å². The highest BCUT2D eigenvalue weighted by Gasteiger charge is 2.34. The molecule has 0 radical (unpaired) electrons. The van der Waals surface area contributed by atoms with Gasteiger partial charge in [0, 0.05) is 58.8 Å². The molecule has 0 bridgehead atoms. The topological polar surface area (TPSA) is 142 Å². The maximum absolute atomic E-state index is 16.3. The zero-order valence-corrected chi connectivity index (χ0v) is 30.1. The van der Waals surface area contributed by atoms with Crippen LogP contribution in [0.1, 0.15) is 69.0 Å². The molecule has 3 atom stereocenters. The Bertz CT molecular complexity index is 1870. The number of likely N-dealkylation sites (tertiary alicyclic amines) is 1. The van der Waals surface area contributed by atoms with E-state index in [0.29, 0.717) is 66.0 Å². The molecule has 2 aromatic carbocycles. The smallest absolute Gasteiger partial charge is 0.354 e. The first-order chi connectivity index (χ1) is 24.0. The maximum Gasteiger partial charge on any atom is 0.354 e. The first kappa shape index (κ1) is 37.9. The van der Waals surface area contributed by atoms with Gasteiger partial charge in [-0.3, -0.25) is 19.3 Å². The Hall–Kier alpha value is -3.36. The van der Waals surface area contributed by atoms with Gasteiger partial charge < -0.3 is 21.8 Å². The van der Waals surface area contributed by atoms with Gasteiger partial charge in [-0.05, 0) is 100 Å². The van der Waals surface area contributed by atoms with E-state index < -0.39 is 24.0 Å². The van der Waals surface area contributed by atoms with Crippen LogP contribution in [-0.4, -0.2) is 69.9 Å². The lowest BCUT2D eigenvalue weighted by Gasteiger charge is -2.43. The summed E-state index contributed by atoms with van der Waals surface area (Å²) in [5.74, 6) is -0.777. The number of nitrogens with two attached hydrogens (primary N) is 2. The molecule has 2 aromatic heterocycles. The van der Waals surface area contributed by atoms with Gasteiger partial charge in [-0.2, -0.15) is 4.98 Å². The van der Waals surface area contributed by atoms with Crippen LogP contribution in [0.2, 0.25) is 5.02 Å². The van der Waals surface area contributed by atoms with E-state index in [1.807, 2.05) is 13.2 Å². The highest BCUT2D eigenvalue weighted by molar-refractivity contribution is 7.98. The first-order valence-corrected chi connectivity index (χ1v) is 18.7. The summed E-state index contributed by atoms with van der Waals surface area (Å²) < 4.78 is 46.3. The van der Waals surface area contributed by atoms with E-state index in [1.165, 1.54) is 22.4 Å². The van der Waals surface area contributed by atoms with Crippen molar-refractivity contribution in [2.75, 3.05) is 32.6 Å². The number of thioether (sulfide) groups is 1. The van der Waals surface area contributed by atoms with Crippen LogP contribution in [0.25, 0.3) is 28.0 Å². The van der Waals surface area contributed by atoms with Gasteiger partial charge in [0.05, 0.1) is 29.6 Å². The van der Waals surface area contributed by atoms with E-state index in [2.05, 4.69) is 20.2 Å². The molecule has 1 aliphatic rings. The Morgan fingerprint density at radius 1 is 1.22 bits per heavy atom. The van der Waals surface area contributed by atoms with Crippen LogP contribution in [-0.2, 0) is 6.42 Å². The third kappa shape index (κ3) is 8.74. The number of nitrogens with zero attached hydrogens (tertiary/aromatic N) is 3. The van der Waals surface area contributed by atoms with Crippen LogP contribution in [0.15, 0.2) is 46.2 Å². The van der Waals surface area contributed by atoms with Crippen molar-refractivity contribution >= 4 is 40.2 Å². The monoisotopic (exact) mass is 730 g/mol. The number of benzene rings is 2. The lowest BCUT2D eigenvalue weighted by Crippen LogP contribution is -2.45. The number of rotatable bonds is 15. The van der Waals surface area contributed by atoms with Crippen molar-refractivity contribution in [3.05, 3.63) is 74.8 Å². The largest absolute Gasteiger partial charge is 0.373 e. The molecule has 1 aliphatic heterocycles. The predicted octanol–water partition coefficient (Wildman–Crippen LogP) is 6.88. The molecular formula is C36H46ClF3N8OS. The molecule has 1 saturated heterocycles. The molecule has 14 heteroatoms. The van der Waals surface area contributed by atoms with Crippen LogP contribution in [0, 0.1) is 17.0 Å². The molecule has 3 heterocycles. The summed E-state index contributed by atoms with van der Waals surface area (Å²) in [5, 5.41) is 11.4. The number of H-pyrrole nitrogens is 1. The lowest BCUT2D eigenvalue weighted by atomic mass is 9.88. The molecule has 5 rings (SSSR count). The zero-order chi connectivity index (χ0) is 35.9. The highest BCUT2D eigenvalue weighted by atomic mass is 35.5. The molecule has 7 N–H and O–H groups in total. The summed E-state index contributed by atoms with van der Waals surface area (Å²) in [6, 6.07) is 8.08. The van der Waals surface area contributed by atoms with Gasteiger partial charge in [-0.1, -0.05) is 11.6 Å². The van der Waals surface area contributed by atoms with Gasteiger partial charge in [0.25, 0.3) is 0 Å². The number of aromatic nitrogens is 3. The predicted molar refractivity (Wildman–Crippen MR) is 197 cm³/mol. The lowest BCUT2D eigenvalue weighted by molar-refractivity contribution is 0.0706. The van der Waals surface area contributed by atoms with Crippen molar-refractivity contribution in [2.24, 2.45) is 11.5 Å². The second-order valence-electron chi connectivity index (χ2n) is 13.0. The fourth-order valence-electron chi connectivity index (χ4n) is 6.94. The molecule has 0 amide bonds. The Kier molecular flexibility index (Phi) is 13.1. The van der Waals surface area contributed by atoms with E-state index >= 15 is 8.78 Å². The molecule has 0 unspecified atom stereocenters. The van der Waals surface area contributed by atoms with Gasteiger partial charge in [0.1, 0.15) is 17.3 Å². The third-order valence-electron chi connectivity index (χ3n) is 9.37. The number of alkyl halides is 1. The summed E-state index contributed by atoms with van der Waals surface area (Å²) >= 11 is 7.67. The van der Waals surface area contributed by atoms with E-state index in [-0.39, 0.29) is 46.7 Å². The summed E-state index contributed by atoms with van der Waals surface area (Å²) in [6.07, 6.45) is 9.31. The number of aryl methyl sites for hydroxylation is 1. The maximum atomic E-state index is 16.3. The summed E-state index contributed by atoms with van der Waals surface area (Å²) in [5.41, 5.74) is 13.5. The number of amidine groups is 1. The van der Waals surface area contributed by atoms with Gasteiger partial charge >= 0.3 is 5.69 Å². The van der Waals surface area contributed by atoms with Crippen molar-refractivity contribution in [3.8, 4) is 16.9 Å². The van der Waals surface area contributed by atoms with E-state index in [9.17, 15) is 9.18 Å². The van der Waals surface area contributed by atoms with Crippen LogP contribution >= 0.6 is 23.4 Å². The third-order valence-corrected chi connectivity index (χ3v) is 10.4. The second-order valence-corrected chi connectivity index (χ2v) is 14.3. The standard InChI is InChI=1S/C36H46ClF3N8OS/c1-21(42)6-3-7-22-14-26(34(40)27(37)15-22)29-16-23-20-48(36(49)46-35(23)45-29)25-17-28(39)33(31(18-25)50-2)30-9-4-8-24(47(30)13-5-11-38)10-12-44-32(43)19-41/h14-18,20-21,24,30H,3-13,19,41-42H2,1-2H3,(H2,43,44)(H,45,46,49)/t21-,24-,30-/m0/s1. The first-order valence-electron chi connectivity index (χ1n) is 17.1. The number of fused-ring (bicyclic) bond motifs is 1. The number of hydrogen-bond donors (Lipinski definition) is 5. The van der Waals surface area contributed by atoms with Crippen LogP contribution in [0.4, 0.5) is 13.2 Å². The molecule has 4 aromatic rings. The Labute approximate surface area is 299 Å². The molecule has 0 aliphatic carbocycles. The number of aromatic amines is 1. The van der Waals surface area contributed by atoms with Gasteiger partial charge in [-0.25, -0.2) is 13.6 Å². The van der Waals surface area contributed by atoms with Gasteiger partial charge in [-0.15, -0.1) is 11.8 Å². The molecule has 0 spiro atoms. The van der Waals surface area contributed by atoms with Crippen molar-refractivity contribution in [2.45, 2.75) is 81.3 Å². The Balaban J connectivity index is 1.47. The van der Waals surface area contributed by atoms with E-state index in [0.717, 1.165) is 31.2 Å². The number of piperidine rings is 1. The normalized spacial score (nSPS) is 17.4. The van der Waals surface area contributed by atoms with Crippen LogP contribution in [0.3, 0.4) is 0 Å². The molecule has 50 heavy (non-hydrogen) atoms. The van der Waals surface area contributed by atoms with Crippen molar-refractivity contribution in [3.63, 3.8) is 0 Å². The average molecular weight is 731 g/mol. The highest BCUT2D eigenvalue weighted by Crippen LogP contribution is 2.41. The fourth-order valence-corrected chi connectivity index (χ4v) is 7.88. The van der Waals surface area contributed by atoms with Crippen LogP contribution < -0.4 is 22.5 Å². The summed E-state index contributed by atoms with van der Waals surface area (Å²) in [6.45, 7) is 2.63. The fraction of sp³-hybridized carbons (Fsp3) is 0.472. The Morgan fingerprint density at radius 3 is 2.74 bits per heavy atom. The van der Waals surface area contributed by atoms with E-state index in [4.69, 9.17) is 28.5 Å². The minimum Gasteiger partial charge on any atom is -0.373 e. The quantitative estimate of drug-likeness (QED) is 0.0511. The number of nitrogens with one attached hydrogen (secondary N) is 3. The zero-order valence-electron chi connectivity index (χ0n) is 28.5. The molecule has 0 saturated carbocycles. The number of hydrogen-bond acceptors (Lipinski definition) is 7. The molecular weight excluding hydrogens is 685 g/mol. The Morgan fingerprint density at radius 2 is 2.02 bits per heavy atom. The average Bonchev–Trinajstić information content (AvgIpc) is 3.50. The second kappa shape index (κ2) is 17.2. The number of halogens is 4. The van der Waals surface area contributed by atoms with Crippen LogP contribution in [0.5, 0.6) is 0 Å². The molecule has 9 nitrogen and oxygen atoms in total. The van der Waals surface area contributed by atoms with E-state index in [1.54, 1.807) is 30.5 Å². The van der Waals surface area contributed by atoms with Gasteiger partial charge in [0.15, 0.2) is 5.82 Å². The summed E-state index contributed by atoms with van der Waals surface area (Å²) in [7, 11) is 0. The molecule has 270 valence electrons.